The van der Waals surface area contributed by atoms with Crippen molar-refractivity contribution in [3.63, 3.8) is 0 Å². The van der Waals surface area contributed by atoms with E-state index in [2.05, 4.69) is 21.6 Å². The number of aryl methyl sites for hydroxylation is 1. The first kappa shape index (κ1) is 19.8. The van der Waals surface area contributed by atoms with Crippen LogP contribution in [0.25, 0.3) is 22.8 Å². The van der Waals surface area contributed by atoms with Crippen LogP contribution < -0.4 is 0 Å². The molecule has 1 aliphatic rings. The maximum atomic E-state index is 13.2. The molecule has 0 N–H and O–H groups in total. The molecule has 6 nitrogen and oxygen atoms in total. The maximum absolute atomic E-state index is 13.2. The number of amides is 1. The van der Waals surface area contributed by atoms with Crippen LogP contribution in [0.3, 0.4) is 0 Å². The summed E-state index contributed by atoms with van der Waals surface area (Å²) < 4.78 is 41.2. The Morgan fingerprint density at radius 3 is 2.70 bits per heavy atom. The van der Waals surface area contributed by atoms with Gasteiger partial charge in [0.05, 0.1) is 23.5 Å². The molecule has 1 amide bonds. The van der Waals surface area contributed by atoms with Gasteiger partial charge in [-0.3, -0.25) is 9.48 Å². The summed E-state index contributed by atoms with van der Waals surface area (Å²) in [6.07, 6.45) is -0.950. The summed E-state index contributed by atoms with van der Waals surface area (Å²) >= 11 is 0. The van der Waals surface area contributed by atoms with Crippen LogP contribution in [-0.4, -0.2) is 37.1 Å². The molecular formula is C21H18F3N5O. The molecule has 0 saturated heterocycles. The van der Waals surface area contributed by atoms with Crippen molar-refractivity contribution in [2.24, 2.45) is 7.05 Å². The van der Waals surface area contributed by atoms with Gasteiger partial charge in [0, 0.05) is 30.9 Å². The van der Waals surface area contributed by atoms with Gasteiger partial charge in [0.2, 0.25) is 5.91 Å². The van der Waals surface area contributed by atoms with Crippen LogP contribution in [0.15, 0.2) is 49.2 Å². The highest BCUT2D eigenvalue weighted by Gasteiger charge is 2.31. The number of carbonyl (C=O) groups excluding carboxylic acids is 1. The van der Waals surface area contributed by atoms with E-state index >= 15 is 0 Å². The quantitative estimate of drug-likeness (QED) is 0.615. The maximum Gasteiger partial charge on any atom is 0.416 e. The van der Waals surface area contributed by atoms with Crippen molar-refractivity contribution in [3.8, 4) is 22.8 Å². The molecule has 1 aliphatic heterocycles. The smallest absolute Gasteiger partial charge is 0.333 e. The minimum absolute atomic E-state index is 0.161. The number of aromatic nitrogens is 4. The molecule has 0 fully saturated rings. The lowest BCUT2D eigenvalue weighted by atomic mass is 10.00. The number of hydrogen-bond donors (Lipinski definition) is 0. The van der Waals surface area contributed by atoms with Crippen LogP contribution >= 0.6 is 0 Å². The largest absolute Gasteiger partial charge is 0.416 e. The van der Waals surface area contributed by atoms with E-state index in [0.29, 0.717) is 30.0 Å². The van der Waals surface area contributed by atoms with E-state index in [1.54, 1.807) is 28.9 Å². The number of hydrogen-bond acceptors (Lipinski definition) is 4. The first-order valence-corrected chi connectivity index (χ1v) is 9.25. The molecule has 4 rings (SSSR count). The van der Waals surface area contributed by atoms with Crippen LogP contribution in [-0.2, 0) is 31.0 Å². The van der Waals surface area contributed by atoms with Gasteiger partial charge in [0.15, 0.2) is 5.82 Å². The van der Waals surface area contributed by atoms with E-state index in [0.717, 1.165) is 17.7 Å². The summed E-state index contributed by atoms with van der Waals surface area (Å²) in [5, 5.41) is 4.40. The molecule has 154 valence electrons. The zero-order valence-corrected chi connectivity index (χ0v) is 16.1. The lowest BCUT2D eigenvalue weighted by Gasteiger charge is -2.28. The summed E-state index contributed by atoms with van der Waals surface area (Å²) in [6.45, 7) is 4.22. The zero-order chi connectivity index (χ0) is 21.5. The fraction of sp³-hybridized carbons (Fsp3) is 0.238. The predicted molar refractivity (Wildman–Crippen MR) is 104 cm³/mol. The number of halogens is 3. The third-order valence-corrected chi connectivity index (χ3v) is 4.96. The fourth-order valence-corrected chi connectivity index (χ4v) is 3.46. The van der Waals surface area contributed by atoms with Gasteiger partial charge in [-0.1, -0.05) is 18.7 Å². The number of carbonyl (C=O) groups is 1. The van der Waals surface area contributed by atoms with Crippen molar-refractivity contribution < 1.29 is 18.0 Å². The minimum Gasteiger partial charge on any atom is -0.333 e. The molecule has 1 aromatic carbocycles. The summed E-state index contributed by atoms with van der Waals surface area (Å²) in [7, 11) is 1.77. The van der Waals surface area contributed by atoms with E-state index in [4.69, 9.17) is 0 Å². The molecule has 0 unspecified atom stereocenters. The Morgan fingerprint density at radius 1 is 1.23 bits per heavy atom. The summed E-state index contributed by atoms with van der Waals surface area (Å²) in [4.78, 5) is 22.8. The molecule has 0 saturated carbocycles. The second-order valence-corrected chi connectivity index (χ2v) is 6.99. The molecule has 0 spiro atoms. The standard InChI is InChI=1S/C21H18F3N5O/c1-3-18(30)29-10-7-15-17(12-29)25-20(26-19(15)16-8-9-28(2)27-16)13-5-4-6-14(11-13)21(22,23)24/h3-6,8-9,11H,1,7,10,12H2,2H3. The monoisotopic (exact) mass is 413 g/mol. The van der Waals surface area contributed by atoms with Crippen molar-refractivity contribution in [1.82, 2.24) is 24.6 Å². The molecule has 0 aliphatic carbocycles. The van der Waals surface area contributed by atoms with Gasteiger partial charge in [-0.15, -0.1) is 0 Å². The molecule has 0 atom stereocenters. The van der Waals surface area contributed by atoms with Crippen LogP contribution in [0.4, 0.5) is 13.2 Å². The Kier molecular flexibility index (Phi) is 4.89. The first-order valence-electron chi connectivity index (χ1n) is 9.25. The number of fused-ring (bicyclic) bond motifs is 1. The van der Waals surface area contributed by atoms with Gasteiger partial charge < -0.3 is 4.90 Å². The van der Waals surface area contributed by atoms with E-state index in [-0.39, 0.29) is 23.8 Å². The molecule has 2 aromatic heterocycles. The summed E-state index contributed by atoms with van der Waals surface area (Å²) in [5.74, 6) is -0.0623. The summed E-state index contributed by atoms with van der Waals surface area (Å²) in [5.41, 5.74) is 2.09. The average Bonchev–Trinajstić information content (AvgIpc) is 3.17. The number of rotatable bonds is 3. The number of benzene rings is 1. The van der Waals surface area contributed by atoms with Crippen molar-refractivity contribution in [3.05, 3.63) is 66.0 Å². The van der Waals surface area contributed by atoms with Gasteiger partial charge in [-0.25, -0.2) is 9.97 Å². The highest BCUT2D eigenvalue weighted by molar-refractivity contribution is 5.87. The van der Waals surface area contributed by atoms with E-state index in [9.17, 15) is 18.0 Å². The molecular weight excluding hydrogens is 395 g/mol. The Hall–Kier alpha value is -3.49. The minimum atomic E-state index is -4.47. The van der Waals surface area contributed by atoms with E-state index in [1.807, 2.05) is 0 Å². The molecule has 30 heavy (non-hydrogen) atoms. The van der Waals surface area contributed by atoms with Crippen molar-refractivity contribution in [2.75, 3.05) is 6.54 Å². The Labute approximate surface area is 170 Å². The van der Waals surface area contributed by atoms with Crippen molar-refractivity contribution in [2.45, 2.75) is 19.1 Å². The Balaban J connectivity index is 1.86. The lowest BCUT2D eigenvalue weighted by Crippen LogP contribution is -2.35. The third-order valence-electron chi connectivity index (χ3n) is 4.96. The van der Waals surface area contributed by atoms with Crippen molar-refractivity contribution in [1.29, 1.82) is 0 Å². The van der Waals surface area contributed by atoms with Crippen LogP contribution in [0.2, 0.25) is 0 Å². The van der Waals surface area contributed by atoms with Gasteiger partial charge in [0.1, 0.15) is 5.69 Å². The van der Waals surface area contributed by atoms with Gasteiger partial charge in [0.25, 0.3) is 0 Å². The van der Waals surface area contributed by atoms with Crippen LogP contribution in [0, 0.1) is 0 Å². The average molecular weight is 413 g/mol. The normalized spacial score (nSPS) is 13.8. The molecule has 9 heteroatoms. The zero-order valence-electron chi connectivity index (χ0n) is 16.1. The predicted octanol–water partition coefficient (Wildman–Crippen LogP) is 3.63. The van der Waals surface area contributed by atoms with Crippen molar-refractivity contribution >= 4 is 5.91 Å². The topological polar surface area (TPSA) is 63.9 Å². The molecule has 3 heterocycles. The van der Waals surface area contributed by atoms with E-state index in [1.165, 1.54) is 18.2 Å². The molecule has 3 aromatic rings. The summed E-state index contributed by atoms with van der Waals surface area (Å²) in [6, 6.07) is 6.69. The fourth-order valence-electron chi connectivity index (χ4n) is 3.46. The second kappa shape index (κ2) is 7.40. The van der Waals surface area contributed by atoms with Crippen LogP contribution in [0.5, 0.6) is 0 Å². The van der Waals surface area contributed by atoms with E-state index < -0.39 is 11.7 Å². The molecule has 0 radical (unpaired) electrons. The number of nitrogens with zero attached hydrogens (tertiary/aromatic N) is 5. The highest BCUT2D eigenvalue weighted by atomic mass is 19.4. The first-order chi connectivity index (χ1) is 14.3. The Bertz CT molecular complexity index is 1140. The SMILES string of the molecule is C=CC(=O)N1CCc2c(nc(-c3cccc(C(F)(F)F)c3)nc2-c2ccn(C)n2)C1. The Morgan fingerprint density at radius 2 is 2.03 bits per heavy atom. The van der Waals surface area contributed by atoms with Gasteiger partial charge >= 0.3 is 6.18 Å². The lowest BCUT2D eigenvalue weighted by molar-refractivity contribution is -0.137. The van der Waals surface area contributed by atoms with Gasteiger partial charge in [-0.05, 0) is 30.7 Å². The number of alkyl halides is 3. The third kappa shape index (κ3) is 3.70. The highest BCUT2D eigenvalue weighted by Crippen LogP contribution is 2.33. The van der Waals surface area contributed by atoms with Crippen LogP contribution in [0.1, 0.15) is 16.8 Å². The molecule has 0 bridgehead atoms. The van der Waals surface area contributed by atoms with Gasteiger partial charge in [-0.2, -0.15) is 18.3 Å². The second-order valence-electron chi connectivity index (χ2n) is 6.99.